The molecular formula is C25H27O3P. The van der Waals surface area contributed by atoms with Crippen LogP contribution in [0.4, 0.5) is 0 Å². The summed E-state index contributed by atoms with van der Waals surface area (Å²) in [5.74, 6) is 0. The Kier molecular flexibility index (Phi) is 7.60. The Morgan fingerprint density at radius 2 is 1.24 bits per heavy atom. The van der Waals surface area contributed by atoms with Gasteiger partial charge in [0.05, 0.1) is 19.4 Å². The highest BCUT2D eigenvalue weighted by Gasteiger charge is 2.23. The van der Waals surface area contributed by atoms with Crippen molar-refractivity contribution in [2.24, 2.45) is 0 Å². The third kappa shape index (κ3) is 6.01. The molecule has 29 heavy (non-hydrogen) atoms. The van der Waals surface area contributed by atoms with Gasteiger partial charge < -0.3 is 9.05 Å². The highest BCUT2D eigenvalue weighted by atomic mass is 31.2. The maximum Gasteiger partial charge on any atom is 0.335 e. The molecule has 0 unspecified atom stereocenters. The van der Waals surface area contributed by atoms with E-state index in [-0.39, 0.29) is 6.16 Å². The van der Waals surface area contributed by atoms with Crippen LogP contribution in [0, 0.1) is 0 Å². The first kappa shape index (κ1) is 21.3. The molecule has 150 valence electrons. The molecule has 0 aliphatic rings. The molecule has 0 saturated heterocycles. The Balaban J connectivity index is 1.89. The van der Waals surface area contributed by atoms with Crippen LogP contribution in [0.1, 0.15) is 36.1 Å². The summed E-state index contributed by atoms with van der Waals surface area (Å²) in [6.45, 7) is 4.40. The van der Waals surface area contributed by atoms with Crippen LogP contribution < -0.4 is 0 Å². The molecule has 0 spiro atoms. The van der Waals surface area contributed by atoms with Crippen LogP contribution in [0.15, 0.2) is 84.9 Å². The van der Waals surface area contributed by atoms with Gasteiger partial charge in [-0.2, -0.15) is 0 Å². The van der Waals surface area contributed by atoms with E-state index in [1.54, 1.807) is 0 Å². The Bertz CT molecular complexity index is 912. The van der Waals surface area contributed by atoms with E-state index >= 15 is 0 Å². The average Bonchev–Trinajstić information content (AvgIpc) is 2.75. The summed E-state index contributed by atoms with van der Waals surface area (Å²) in [7, 11) is -3.09. The zero-order valence-electron chi connectivity index (χ0n) is 17.0. The van der Waals surface area contributed by atoms with Crippen molar-refractivity contribution in [1.29, 1.82) is 0 Å². The van der Waals surface area contributed by atoms with Gasteiger partial charge in [-0.1, -0.05) is 84.9 Å². The van der Waals surface area contributed by atoms with Crippen LogP contribution in [-0.2, 0) is 19.8 Å². The van der Waals surface area contributed by atoms with Gasteiger partial charge in [0.15, 0.2) is 0 Å². The molecule has 0 heterocycles. The summed E-state index contributed by atoms with van der Waals surface area (Å²) in [5, 5.41) is 0. The lowest BCUT2D eigenvalue weighted by atomic mass is 9.95. The molecule has 0 aliphatic heterocycles. The Hall–Kier alpha value is -2.45. The molecule has 0 amide bonds. The highest BCUT2D eigenvalue weighted by Crippen LogP contribution is 2.51. The lowest BCUT2D eigenvalue weighted by molar-refractivity contribution is 0.219. The molecule has 0 atom stereocenters. The third-order valence-electron chi connectivity index (χ3n) is 4.49. The average molecular weight is 406 g/mol. The quantitative estimate of drug-likeness (QED) is 0.282. The minimum Gasteiger partial charge on any atom is -0.309 e. The lowest BCUT2D eigenvalue weighted by Crippen LogP contribution is -1.99. The first-order valence-electron chi connectivity index (χ1n) is 9.93. The van der Waals surface area contributed by atoms with E-state index in [1.807, 2.05) is 74.5 Å². The number of benzene rings is 3. The molecule has 0 radical (unpaired) electrons. The van der Waals surface area contributed by atoms with Crippen molar-refractivity contribution in [2.75, 3.05) is 13.2 Å². The normalized spacial score (nSPS) is 11.2. The zero-order valence-corrected chi connectivity index (χ0v) is 17.8. The minimum absolute atomic E-state index is 0.281. The largest absolute Gasteiger partial charge is 0.335 e. The zero-order chi connectivity index (χ0) is 20.5. The lowest BCUT2D eigenvalue weighted by Gasteiger charge is -2.17. The van der Waals surface area contributed by atoms with Crippen LogP contribution >= 0.6 is 7.60 Å². The standard InChI is InChI=1S/C25H27O3P/c1-3-27-29(26,28-4-2)20-22-17-15-21(16-18-22)19-25(23-11-7-5-8-12-23)24-13-9-6-10-14-24/h5-19H,3-4,20H2,1-2H3. The highest BCUT2D eigenvalue weighted by molar-refractivity contribution is 7.53. The van der Waals surface area contributed by atoms with Crippen LogP contribution in [-0.4, -0.2) is 13.2 Å². The van der Waals surface area contributed by atoms with Crippen molar-refractivity contribution >= 4 is 19.2 Å². The van der Waals surface area contributed by atoms with Gasteiger partial charge in [-0.05, 0) is 47.8 Å². The Morgan fingerprint density at radius 1 is 0.759 bits per heavy atom. The smallest absolute Gasteiger partial charge is 0.309 e. The van der Waals surface area contributed by atoms with Crippen LogP contribution in [0.3, 0.4) is 0 Å². The van der Waals surface area contributed by atoms with E-state index in [0.717, 1.165) is 16.7 Å². The van der Waals surface area contributed by atoms with Gasteiger partial charge in [-0.25, -0.2) is 0 Å². The van der Waals surface area contributed by atoms with Crippen molar-refractivity contribution in [2.45, 2.75) is 20.0 Å². The van der Waals surface area contributed by atoms with Crippen molar-refractivity contribution in [3.63, 3.8) is 0 Å². The van der Waals surface area contributed by atoms with Gasteiger partial charge >= 0.3 is 7.60 Å². The van der Waals surface area contributed by atoms with Crippen molar-refractivity contribution in [1.82, 2.24) is 0 Å². The van der Waals surface area contributed by atoms with E-state index < -0.39 is 7.60 Å². The third-order valence-corrected chi connectivity index (χ3v) is 6.54. The molecule has 0 fully saturated rings. The second kappa shape index (κ2) is 10.4. The van der Waals surface area contributed by atoms with Crippen molar-refractivity contribution in [3.8, 4) is 0 Å². The Morgan fingerprint density at radius 3 is 1.69 bits per heavy atom. The maximum atomic E-state index is 12.8. The number of hydrogen-bond acceptors (Lipinski definition) is 3. The summed E-state index contributed by atoms with van der Waals surface area (Å²) < 4.78 is 23.6. The molecule has 3 aromatic carbocycles. The molecule has 0 saturated carbocycles. The summed E-state index contributed by atoms with van der Waals surface area (Å²) in [5.41, 5.74) is 5.51. The SMILES string of the molecule is CCOP(=O)(Cc1ccc(C=C(c2ccccc2)c2ccccc2)cc1)OCC. The van der Waals surface area contributed by atoms with Gasteiger partial charge in [0.25, 0.3) is 0 Å². The first-order chi connectivity index (χ1) is 14.1. The van der Waals surface area contributed by atoms with E-state index in [4.69, 9.17) is 9.05 Å². The minimum atomic E-state index is -3.09. The molecular weight excluding hydrogens is 379 g/mol. The fraction of sp³-hybridized carbons (Fsp3) is 0.200. The molecule has 3 rings (SSSR count). The summed E-state index contributed by atoms with van der Waals surface area (Å²) >= 11 is 0. The monoisotopic (exact) mass is 406 g/mol. The molecule has 4 heteroatoms. The van der Waals surface area contributed by atoms with Gasteiger partial charge in [0, 0.05) is 0 Å². The fourth-order valence-corrected chi connectivity index (χ4v) is 4.90. The molecule has 3 nitrogen and oxygen atoms in total. The van der Waals surface area contributed by atoms with E-state index in [9.17, 15) is 4.57 Å². The van der Waals surface area contributed by atoms with Crippen LogP contribution in [0.5, 0.6) is 0 Å². The summed E-state index contributed by atoms with van der Waals surface area (Å²) in [6.07, 6.45) is 2.46. The second-order valence-electron chi connectivity index (χ2n) is 6.64. The van der Waals surface area contributed by atoms with E-state index in [2.05, 4.69) is 30.3 Å². The van der Waals surface area contributed by atoms with Crippen molar-refractivity contribution < 1.29 is 13.6 Å². The van der Waals surface area contributed by atoms with Gasteiger partial charge in [-0.3, -0.25) is 4.57 Å². The predicted octanol–water partition coefficient (Wildman–Crippen LogP) is 7.04. The van der Waals surface area contributed by atoms with Crippen LogP contribution in [0.25, 0.3) is 11.6 Å². The molecule has 0 N–H and O–H groups in total. The number of hydrogen-bond donors (Lipinski definition) is 0. The molecule has 3 aromatic rings. The second-order valence-corrected chi connectivity index (χ2v) is 8.69. The topological polar surface area (TPSA) is 35.5 Å². The summed E-state index contributed by atoms with van der Waals surface area (Å²) in [6, 6.07) is 28.8. The predicted molar refractivity (Wildman–Crippen MR) is 121 cm³/mol. The fourth-order valence-electron chi connectivity index (χ4n) is 3.20. The van der Waals surface area contributed by atoms with Gasteiger partial charge in [0.1, 0.15) is 0 Å². The van der Waals surface area contributed by atoms with Crippen LogP contribution in [0.2, 0.25) is 0 Å². The summed E-state index contributed by atoms with van der Waals surface area (Å²) in [4.78, 5) is 0. The maximum absolute atomic E-state index is 12.8. The molecule has 0 aromatic heterocycles. The van der Waals surface area contributed by atoms with Gasteiger partial charge in [-0.15, -0.1) is 0 Å². The molecule has 0 bridgehead atoms. The van der Waals surface area contributed by atoms with E-state index in [1.165, 1.54) is 11.1 Å². The van der Waals surface area contributed by atoms with E-state index in [0.29, 0.717) is 13.2 Å². The number of rotatable bonds is 9. The molecule has 0 aliphatic carbocycles. The Labute approximate surface area is 173 Å². The van der Waals surface area contributed by atoms with Crippen molar-refractivity contribution in [3.05, 3.63) is 107 Å². The van der Waals surface area contributed by atoms with Gasteiger partial charge in [0.2, 0.25) is 0 Å². The first-order valence-corrected chi connectivity index (χ1v) is 11.7.